The van der Waals surface area contributed by atoms with Crippen molar-refractivity contribution >= 4 is 22.5 Å². The summed E-state index contributed by atoms with van der Waals surface area (Å²) in [6.07, 6.45) is -0.694. The van der Waals surface area contributed by atoms with Crippen LogP contribution >= 0.6 is 11.6 Å². The molecule has 5 heteroatoms. The van der Waals surface area contributed by atoms with Crippen LogP contribution in [0.25, 0.3) is 22.2 Å². The van der Waals surface area contributed by atoms with Gasteiger partial charge in [0.1, 0.15) is 30.8 Å². The first kappa shape index (κ1) is 24.0. The average molecular weight is 498 g/mol. The number of hydrogen-bond acceptors (Lipinski definition) is 3. The van der Waals surface area contributed by atoms with E-state index in [0.29, 0.717) is 18.2 Å². The van der Waals surface area contributed by atoms with Gasteiger partial charge in [0, 0.05) is 15.9 Å². The summed E-state index contributed by atoms with van der Waals surface area (Å²) in [6.45, 7) is 3.20. The van der Waals surface area contributed by atoms with Crippen molar-refractivity contribution in [3.8, 4) is 22.8 Å². The van der Waals surface area contributed by atoms with Crippen LogP contribution in [0.15, 0.2) is 103 Å². The molecule has 0 aliphatic heterocycles. The molecule has 1 heterocycles. The molecule has 0 aliphatic carbocycles. The highest BCUT2D eigenvalue weighted by molar-refractivity contribution is 6.30. The Labute approximate surface area is 216 Å². The van der Waals surface area contributed by atoms with Crippen molar-refractivity contribution in [1.29, 1.82) is 0 Å². The van der Waals surface area contributed by atoms with Crippen LogP contribution in [0.1, 0.15) is 11.1 Å². The molecule has 1 atom stereocenters. The van der Waals surface area contributed by atoms with Crippen LogP contribution < -0.4 is 9.47 Å². The van der Waals surface area contributed by atoms with Crippen molar-refractivity contribution in [3.63, 3.8) is 0 Å². The van der Waals surface area contributed by atoms with Crippen LogP contribution in [-0.4, -0.2) is 22.4 Å². The SMILES string of the molecule is Cc1c(-c2ccc(Cl)cc2)n(CC(O)COc2ccccc2)c2ccc(OCc3ccccc3)cc12. The summed E-state index contributed by atoms with van der Waals surface area (Å²) in [6, 6.07) is 33.6. The fraction of sp³-hybridized carbons (Fsp3) is 0.161. The first-order chi connectivity index (χ1) is 17.6. The molecular weight excluding hydrogens is 470 g/mol. The van der Waals surface area contributed by atoms with Gasteiger partial charge in [0.2, 0.25) is 0 Å². The van der Waals surface area contributed by atoms with Crippen LogP contribution in [0, 0.1) is 6.92 Å². The number of aromatic nitrogens is 1. The number of aliphatic hydroxyl groups is 1. The van der Waals surface area contributed by atoms with E-state index in [4.69, 9.17) is 21.1 Å². The molecule has 1 aromatic heterocycles. The Bertz CT molecular complexity index is 1430. The van der Waals surface area contributed by atoms with Crippen LogP contribution in [-0.2, 0) is 13.2 Å². The fourth-order valence-corrected chi connectivity index (χ4v) is 4.60. The second-order valence-electron chi connectivity index (χ2n) is 8.82. The number of aryl methyl sites for hydroxylation is 1. The number of halogens is 1. The monoisotopic (exact) mass is 497 g/mol. The van der Waals surface area contributed by atoms with Gasteiger partial charge < -0.3 is 19.1 Å². The molecule has 4 aromatic carbocycles. The number of hydrogen-bond donors (Lipinski definition) is 1. The van der Waals surface area contributed by atoms with E-state index in [1.54, 1.807) is 0 Å². The van der Waals surface area contributed by atoms with Gasteiger partial charge in [-0.3, -0.25) is 0 Å². The molecule has 0 amide bonds. The molecule has 182 valence electrons. The van der Waals surface area contributed by atoms with E-state index in [1.165, 1.54) is 0 Å². The third-order valence-corrected chi connectivity index (χ3v) is 6.48. The Balaban J connectivity index is 1.46. The lowest BCUT2D eigenvalue weighted by atomic mass is 10.1. The van der Waals surface area contributed by atoms with Crippen LogP contribution in [0.4, 0.5) is 0 Å². The maximum absolute atomic E-state index is 10.9. The van der Waals surface area contributed by atoms with E-state index in [0.717, 1.165) is 44.8 Å². The lowest BCUT2D eigenvalue weighted by Gasteiger charge is -2.17. The number of aliphatic hydroxyl groups excluding tert-OH is 1. The molecule has 0 saturated heterocycles. The maximum atomic E-state index is 10.9. The minimum absolute atomic E-state index is 0.195. The zero-order valence-electron chi connectivity index (χ0n) is 20.1. The highest BCUT2D eigenvalue weighted by atomic mass is 35.5. The quantitative estimate of drug-likeness (QED) is 0.232. The minimum atomic E-state index is -0.694. The molecule has 0 spiro atoms. The molecule has 0 radical (unpaired) electrons. The molecule has 0 aliphatic rings. The molecule has 4 nitrogen and oxygen atoms in total. The van der Waals surface area contributed by atoms with Crippen molar-refractivity contribution in [1.82, 2.24) is 4.57 Å². The Hall–Kier alpha value is -3.73. The highest BCUT2D eigenvalue weighted by Gasteiger charge is 2.19. The molecule has 0 bridgehead atoms. The van der Waals surface area contributed by atoms with Gasteiger partial charge in [-0.05, 0) is 66.1 Å². The van der Waals surface area contributed by atoms with E-state index in [9.17, 15) is 5.11 Å². The summed E-state index contributed by atoms with van der Waals surface area (Å²) in [7, 11) is 0. The van der Waals surface area contributed by atoms with Crippen LogP contribution in [0.2, 0.25) is 5.02 Å². The van der Waals surface area contributed by atoms with Gasteiger partial charge in [-0.25, -0.2) is 0 Å². The molecule has 0 saturated carbocycles. The molecule has 1 unspecified atom stereocenters. The second kappa shape index (κ2) is 10.9. The van der Waals surface area contributed by atoms with Crippen molar-refractivity contribution in [2.75, 3.05) is 6.61 Å². The Kier molecular flexibility index (Phi) is 7.26. The Morgan fingerprint density at radius 1 is 0.806 bits per heavy atom. The zero-order valence-corrected chi connectivity index (χ0v) is 20.9. The van der Waals surface area contributed by atoms with Gasteiger partial charge in [0.15, 0.2) is 0 Å². The fourth-order valence-electron chi connectivity index (χ4n) is 4.47. The minimum Gasteiger partial charge on any atom is -0.491 e. The summed E-state index contributed by atoms with van der Waals surface area (Å²) >= 11 is 6.17. The summed E-state index contributed by atoms with van der Waals surface area (Å²) in [5.41, 5.74) is 5.35. The number of nitrogens with zero attached hydrogens (tertiary/aromatic N) is 1. The van der Waals surface area contributed by atoms with Gasteiger partial charge >= 0.3 is 0 Å². The lowest BCUT2D eigenvalue weighted by Crippen LogP contribution is -2.24. The summed E-state index contributed by atoms with van der Waals surface area (Å²) < 4.78 is 14.1. The van der Waals surface area contributed by atoms with E-state index in [1.807, 2.05) is 78.9 Å². The third-order valence-electron chi connectivity index (χ3n) is 6.23. The number of benzene rings is 4. The van der Waals surface area contributed by atoms with E-state index >= 15 is 0 Å². The van der Waals surface area contributed by atoms with Crippen molar-refractivity contribution in [2.45, 2.75) is 26.2 Å². The maximum Gasteiger partial charge on any atom is 0.120 e. The average Bonchev–Trinajstić information content (AvgIpc) is 3.18. The topological polar surface area (TPSA) is 43.6 Å². The predicted octanol–water partition coefficient (Wildman–Crippen LogP) is 7.29. The lowest BCUT2D eigenvalue weighted by molar-refractivity contribution is 0.0939. The van der Waals surface area contributed by atoms with Gasteiger partial charge in [-0.15, -0.1) is 0 Å². The Morgan fingerprint density at radius 2 is 1.50 bits per heavy atom. The molecular formula is C31H28ClNO3. The Morgan fingerprint density at radius 3 is 2.22 bits per heavy atom. The molecule has 5 aromatic rings. The largest absolute Gasteiger partial charge is 0.491 e. The summed E-state index contributed by atoms with van der Waals surface area (Å²) in [4.78, 5) is 0. The standard InChI is InChI=1S/C31H28ClNO3/c1-22-29-18-28(35-20-23-8-4-2-5-9-23)16-17-30(29)33(31(22)24-12-14-25(32)15-13-24)19-26(34)21-36-27-10-6-3-7-11-27/h2-18,26,34H,19-21H2,1H3. The van der Waals surface area contributed by atoms with Gasteiger partial charge in [0.25, 0.3) is 0 Å². The number of fused-ring (bicyclic) bond motifs is 1. The number of rotatable bonds is 9. The van der Waals surface area contributed by atoms with Gasteiger partial charge in [0.05, 0.1) is 12.2 Å². The number of ether oxygens (including phenoxy) is 2. The van der Waals surface area contributed by atoms with Gasteiger partial charge in [-0.1, -0.05) is 72.3 Å². The van der Waals surface area contributed by atoms with Crippen molar-refractivity contribution < 1.29 is 14.6 Å². The zero-order chi connectivity index (χ0) is 24.9. The molecule has 36 heavy (non-hydrogen) atoms. The summed E-state index contributed by atoms with van der Waals surface area (Å²) in [5, 5.41) is 12.7. The first-order valence-corrected chi connectivity index (χ1v) is 12.4. The second-order valence-corrected chi connectivity index (χ2v) is 9.26. The third kappa shape index (κ3) is 5.40. The van der Waals surface area contributed by atoms with Crippen molar-refractivity contribution in [2.24, 2.45) is 0 Å². The first-order valence-electron chi connectivity index (χ1n) is 12.0. The smallest absolute Gasteiger partial charge is 0.120 e. The van der Waals surface area contributed by atoms with Gasteiger partial charge in [-0.2, -0.15) is 0 Å². The van der Waals surface area contributed by atoms with Crippen LogP contribution in [0.5, 0.6) is 11.5 Å². The molecule has 0 fully saturated rings. The van der Waals surface area contributed by atoms with Crippen LogP contribution in [0.3, 0.4) is 0 Å². The highest BCUT2D eigenvalue weighted by Crippen LogP contribution is 2.36. The van der Waals surface area contributed by atoms with E-state index < -0.39 is 6.10 Å². The van der Waals surface area contributed by atoms with E-state index in [-0.39, 0.29) is 6.61 Å². The molecule has 5 rings (SSSR count). The van der Waals surface area contributed by atoms with Crippen molar-refractivity contribution in [3.05, 3.63) is 119 Å². The van der Waals surface area contributed by atoms with E-state index in [2.05, 4.69) is 35.8 Å². The summed E-state index contributed by atoms with van der Waals surface area (Å²) in [5.74, 6) is 1.55. The normalized spacial score (nSPS) is 12.0. The molecule has 1 N–H and O–H groups in total. The number of para-hydroxylation sites is 1. The predicted molar refractivity (Wildman–Crippen MR) is 146 cm³/mol.